The number of hydrogen-bond donors (Lipinski definition) is 0. The molecule has 1 heterocycles. The lowest BCUT2D eigenvalue weighted by Gasteiger charge is -2.06. The number of ether oxygens (including phenoxy) is 1. The fourth-order valence-corrected chi connectivity index (χ4v) is 2.35. The molecule has 1 aromatic heterocycles. The Balaban J connectivity index is 1.89. The molecule has 3 nitrogen and oxygen atoms in total. The number of halogens is 1. The van der Waals surface area contributed by atoms with Crippen LogP contribution in [0.5, 0.6) is 5.75 Å². The summed E-state index contributed by atoms with van der Waals surface area (Å²) in [7, 11) is 1.57. The Bertz CT molecular complexity index is 807. The van der Waals surface area contributed by atoms with Gasteiger partial charge in [-0.1, -0.05) is 12.1 Å². The molecule has 0 amide bonds. The van der Waals surface area contributed by atoms with E-state index < -0.39 is 0 Å². The zero-order valence-corrected chi connectivity index (χ0v) is 11.5. The van der Waals surface area contributed by atoms with Gasteiger partial charge in [-0.15, -0.1) is 0 Å². The highest BCUT2D eigenvalue weighted by atomic mass is 19.1. The second-order valence-corrected chi connectivity index (χ2v) is 4.80. The Morgan fingerprint density at radius 2 is 2.05 bits per heavy atom. The van der Waals surface area contributed by atoms with Crippen LogP contribution in [0.15, 0.2) is 54.7 Å². The molecule has 0 radical (unpaired) electrons. The summed E-state index contributed by atoms with van der Waals surface area (Å²) in [6.45, 7) is 0.211. The van der Waals surface area contributed by atoms with E-state index in [1.807, 2.05) is 4.57 Å². The SMILES string of the molecule is COc1cccc(C(=O)Cn2ccc3cc(F)ccc32)c1. The van der Waals surface area contributed by atoms with Crippen molar-refractivity contribution in [2.75, 3.05) is 7.11 Å². The molecule has 3 aromatic rings. The van der Waals surface area contributed by atoms with Gasteiger partial charge in [-0.3, -0.25) is 4.79 Å². The molecule has 0 fully saturated rings. The smallest absolute Gasteiger partial charge is 0.182 e. The molecule has 0 atom stereocenters. The number of carbonyl (C=O) groups excluding carboxylic acids is 1. The topological polar surface area (TPSA) is 31.2 Å². The Hall–Kier alpha value is -2.62. The summed E-state index contributed by atoms with van der Waals surface area (Å²) < 4.78 is 20.1. The van der Waals surface area contributed by atoms with Gasteiger partial charge in [0.15, 0.2) is 5.78 Å². The van der Waals surface area contributed by atoms with Gasteiger partial charge in [0, 0.05) is 22.7 Å². The second-order valence-electron chi connectivity index (χ2n) is 4.80. The minimum Gasteiger partial charge on any atom is -0.497 e. The quantitative estimate of drug-likeness (QED) is 0.684. The van der Waals surface area contributed by atoms with Gasteiger partial charge < -0.3 is 9.30 Å². The van der Waals surface area contributed by atoms with Crippen LogP contribution in [0.3, 0.4) is 0 Å². The average Bonchev–Trinajstić information content (AvgIpc) is 2.89. The van der Waals surface area contributed by atoms with E-state index >= 15 is 0 Å². The molecule has 0 unspecified atom stereocenters. The first-order valence-corrected chi connectivity index (χ1v) is 6.59. The highest BCUT2D eigenvalue weighted by Crippen LogP contribution is 2.19. The first-order chi connectivity index (χ1) is 10.2. The highest BCUT2D eigenvalue weighted by Gasteiger charge is 2.10. The summed E-state index contributed by atoms with van der Waals surface area (Å²) >= 11 is 0. The Kier molecular flexibility index (Phi) is 3.44. The zero-order valence-electron chi connectivity index (χ0n) is 11.5. The maximum atomic E-state index is 13.2. The lowest BCUT2D eigenvalue weighted by Crippen LogP contribution is -2.09. The van der Waals surface area contributed by atoms with Crippen LogP contribution >= 0.6 is 0 Å². The van der Waals surface area contributed by atoms with Gasteiger partial charge in [0.05, 0.1) is 13.7 Å². The van der Waals surface area contributed by atoms with Crippen molar-refractivity contribution in [1.82, 2.24) is 4.57 Å². The third-order valence-electron chi connectivity index (χ3n) is 3.44. The highest BCUT2D eigenvalue weighted by molar-refractivity contribution is 5.97. The van der Waals surface area contributed by atoms with Gasteiger partial charge in [0.25, 0.3) is 0 Å². The lowest BCUT2D eigenvalue weighted by molar-refractivity contribution is 0.0973. The molecule has 0 bridgehead atoms. The third kappa shape index (κ3) is 2.65. The first-order valence-electron chi connectivity index (χ1n) is 6.59. The monoisotopic (exact) mass is 283 g/mol. The largest absolute Gasteiger partial charge is 0.497 e. The fourth-order valence-electron chi connectivity index (χ4n) is 2.35. The van der Waals surface area contributed by atoms with Crippen molar-refractivity contribution in [3.63, 3.8) is 0 Å². The van der Waals surface area contributed by atoms with Crippen LogP contribution in [0, 0.1) is 5.82 Å². The minimum atomic E-state index is -0.278. The minimum absolute atomic E-state index is 0.0178. The summed E-state index contributed by atoms with van der Waals surface area (Å²) in [6.07, 6.45) is 1.79. The summed E-state index contributed by atoms with van der Waals surface area (Å²) in [5.74, 6) is 0.357. The van der Waals surface area contributed by atoms with E-state index in [-0.39, 0.29) is 18.1 Å². The number of methoxy groups -OCH3 is 1. The number of ketones is 1. The second kappa shape index (κ2) is 5.40. The molecule has 0 N–H and O–H groups in total. The van der Waals surface area contributed by atoms with Crippen LogP contribution in [-0.4, -0.2) is 17.5 Å². The predicted molar refractivity (Wildman–Crippen MR) is 79.2 cm³/mol. The third-order valence-corrected chi connectivity index (χ3v) is 3.44. The number of rotatable bonds is 4. The van der Waals surface area contributed by atoms with Gasteiger partial charge in [0.2, 0.25) is 0 Å². The van der Waals surface area contributed by atoms with Gasteiger partial charge >= 0.3 is 0 Å². The summed E-state index contributed by atoms with van der Waals surface area (Å²) in [5, 5.41) is 0.786. The van der Waals surface area contributed by atoms with Crippen molar-refractivity contribution >= 4 is 16.7 Å². The molecule has 0 saturated carbocycles. The first kappa shape index (κ1) is 13.4. The molecule has 106 valence electrons. The van der Waals surface area contributed by atoms with Crippen molar-refractivity contribution in [3.8, 4) is 5.75 Å². The van der Waals surface area contributed by atoms with Crippen molar-refractivity contribution in [3.05, 3.63) is 66.1 Å². The van der Waals surface area contributed by atoms with E-state index in [0.29, 0.717) is 11.3 Å². The summed E-state index contributed by atoms with van der Waals surface area (Å²) in [6, 6.07) is 13.4. The molecule has 3 rings (SSSR count). The number of hydrogen-bond acceptors (Lipinski definition) is 2. The zero-order chi connectivity index (χ0) is 14.8. The van der Waals surface area contributed by atoms with Crippen LogP contribution in [-0.2, 0) is 6.54 Å². The Morgan fingerprint density at radius 3 is 2.86 bits per heavy atom. The number of benzene rings is 2. The van der Waals surface area contributed by atoms with E-state index in [2.05, 4.69) is 0 Å². The van der Waals surface area contributed by atoms with Crippen LogP contribution in [0.4, 0.5) is 4.39 Å². The van der Waals surface area contributed by atoms with Gasteiger partial charge in [-0.2, -0.15) is 0 Å². The van der Waals surface area contributed by atoms with Crippen molar-refractivity contribution in [2.45, 2.75) is 6.54 Å². The Morgan fingerprint density at radius 1 is 1.19 bits per heavy atom. The molecule has 21 heavy (non-hydrogen) atoms. The maximum Gasteiger partial charge on any atom is 0.182 e. The van der Waals surface area contributed by atoms with Crippen LogP contribution in [0.1, 0.15) is 10.4 Å². The molecule has 0 spiro atoms. The molecule has 2 aromatic carbocycles. The number of carbonyl (C=O) groups is 1. The number of fused-ring (bicyclic) bond motifs is 1. The maximum absolute atomic E-state index is 13.2. The number of nitrogens with zero attached hydrogens (tertiary/aromatic N) is 1. The lowest BCUT2D eigenvalue weighted by atomic mass is 10.1. The van der Waals surface area contributed by atoms with E-state index in [1.54, 1.807) is 49.7 Å². The number of aromatic nitrogens is 1. The normalized spacial score (nSPS) is 10.8. The van der Waals surface area contributed by atoms with E-state index in [1.165, 1.54) is 12.1 Å². The molecular weight excluding hydrogens is 269 g/mol. The van der Waals surface area contributed by atoms with Gasteiger partial charge in [-0.05, 0) is 36.4 Å². The molecule has 0 saturated heterocycles. The van der Waals surface area contributed by atoms with E-state index in [0.717, 1.165) is 10.9 Å². The molecule has 0 aliphatic carbocycles. The van der Waals surface area contributed by atoms with Crippen molar-refractivity contribution in [1.29, 1.82) is 0 Å². The van der Waals surface area contributed by atoms with Gasteiger partial charge in [0.1, 0.15) is 11.6 Å². The molecular formula is C17H14FNO2. The van der Waals surface area contributed by atoms with Crippen molar-refractivity contribution < 1.29 is 13.9 Å². The van der Waals surface area contributed by atoms with E-state index in [4.69, 9.17) is 4.74 Å². The van der Waals surface area contributed by atoms with E-state index in [9.17, 15) is 9.18 Å². The summed E-state index contributed by atoms with van der Waals surface area (Å²) in [4.78, 5) is 12.3. The van der Waals surface area contributed by atoms with Crippen LogP contribution < -0.4 is 4.74 Å². The fraction of sp³-hybridized carbons (Fsp3) is 0.118. The molecule has 0 aliphatic rings. The average molecular weight is 283 g/mol. The van der Waals surface area contributed by atoms with Gasteiger partial charge in [-0.25, -0.2) is 4.39 Å². The Labute approximate surface area is 121 Å². The van der Waals surface area contributed by atoms with Crippen LogP contribution in [0.2, 0.25) is 0 Å². The predicted octanol–water partition coefficient (Wildman–Crippen LogP) is 3.67. The number of Topliss-reactive ketones (excluding diaryl/α,β-unsaturated/α-hetero) is 1. The standard InChI is InChI=1S/C17H14FNO2/c1-21-15-4-2-3-13(10-15)17(20)11-19-8-7-12-9-14(18)5-6-16(12)19/h2-10H,11H2,1H3. The molecule has 4 heteroatoms. The van der Waals surface area contributed by atoms with Crippen LogP contribution in [0.25, 0.3) is 10.9 Å². The molecule has 0 aliphatic heterocycles. The summed E-state index contributed by atoms with van der Waals surface area (Å²) in [5.41, 5.74) is 1.44. The van der Waals surface area contributed by atoms with Crippen molar-refractivity contribution in [2.24, 2.45) is 0 Å².